The van der Waals surface area contributed by atoms with Crippen LogP contribution in [0.5, 0.6) is 0 Å². The van der Waals surface area contributed by atoms with Crippen LogP contribution in [0.25, 0.3) is 22.1 Å². The second-order valence-electron chi connectivity index (χ2n) is 7.78. The first kappa shape index (κ1) is 20.2. The number of hydrogen-bond acceptors (Lipinski definition) is 6. The highest BCUT2D eigenvalue weighted by Gasteiger charge is 2.28. The molecule has 3 heterocycles. The van der Waals surface area contributed by atoms with E-state index in [1.807, 2.05) is 29.2 Å². The zero-order chi connectivity index (χ0) is 22.1. The Balaban J connectivity index is 1.33. The van der Waals surface area contributed by atoms with Gasteiger partial charge in [0.2, 0.25) is 0 Å². The Morgan fingerprint density at radius 2 is 1.72 bits per heavy atom. The van der Waals surface area contributed by atoms with Gasteiger partial charge in [-0.05, 0) is 31.4 Å². The molecule has 1 fully saturated rings. The molecule has 0 radical (unpaired) electrons. The van der Waals surface area contributed by atoms with Gasteiger partial charge in [-0.25, -0.2) is 18.7 Å². The third kappa shape index (κ3) is 3.93. The number of carbonyl (C=O) groups excluding carboxylic acids is 1. The number of anilines is 1. The molecule has 1 aliphatic heterocycles. The lowest BCUT2D eigenvalue weighted by molar-refractivity contribution is 0.0622. The molecule has 1 atom stereocenters. The number of aromatic nitrogens is 4. The van der Waals surface area contributed by atoms with Crippen LogP contribution in [0.3, 0.4) is 0 Å². The summed E-state index contributed by atoms with van der Waals surface area (Å²) in [6.45, 7) is 1.09. The largest absolute Gasteiger partial charge is 0.367 e. The molecule has 0 spiro atoms. The molecule has 9 heteroatoms. The number of benzene rings is 2. The van der Waals surface area contributed by atoms with Crippen LogP contribution in [0.1, 0.15) is 29.8 Å². The van der Waals surface area contributed by atoms with Gasteiger partial charge >= 0.3 is 0 Å². The van der Waals surface area contributed by atoms with Gasteiger partial charge in [0.05, 0.1) is 34.5 Å². The fraction of sp³-hybridized carbons (Fsp3) is 0.261. The molecule has 0 bridgehead atoms. The summed E-state index contributed by atoms with van der Waals surface area (Å²) in [6.07, 6.45) is 5.76. The molecule has 1 amide bonds. The number of amides is 1. The minimum Gasteiger partial charge on any atom is -0.367 e. The van der Waals surface area contributed by atoms with Gasteiger partial charge in [-0.3, -0.25) is 14.8 Å². The van der Waals surface area contributed by atoms with E-state index in [0.29, 0.717) is 30.1 Å². The van der Waals surface area contributed by atoms with Crippen molar-refractivity contribution in [2.45, 2.75) is 25.3 Å². The lowest BCUT2D eigenvalue weighted by atomic mass is 10.0. The zero-order valence-electron chi connectivity index (χ0n) is 17.1. The lowest BCUT2D eigenvalue weighted by Gasteiger charge is -2.35. The molecule has 0 unspecified atom stereocenters. The molecule has 162 valence electrons. The maximum absolute atomic E-state index is 13.5. The van der Waals surface area contributed by atoms with Gasteiger partial charge in [-0.15, -0.1) is 0 Å². The van der Waals surface area contributed by atoms with E-state index in [0.717, 1.165) is 36.9 Å². The van der Waals surface area contributed by atoms with Crippen molar-refractivity contribution in [2.75, 3.05) is 18.4 Å². The van der Waals surface area contributed by atoms with Crippen LogP contribution in [-0.2, 0) is 0 Å². The summed E-state index contributed by atoms with van der Waals surface area (Å²) in [6, 6.07) is 9.42. The zero-order valence-corrected chi connectivity index (χ0v) is 17.1. The Bertz CT molecular complexity index is 1310. The summed E-state index contributed by atoms with van der Waals surface area (Å²) < 4.78 is 26.9. The van der Waals surface area contributed by atoms with E-state index in [1.165, 1.54) is 12.4 Å². The van der Waals surface area contributed by atoms with Crippen molar-refractivity contribution < 1.29 is 13.6 Å². The highest BCUT2D eigenvalue weighted by molar-refractivity contribution is 5.94. The summed E-state index contributed by atoms with van der Waals surface area (Å²) in [5, 5.41) is 3.19. The van der Waals surface area contributed by atoms with Crippen molar-refractivity contribution in [1.82, 2.24) is 24.8 Å². The topological polar surface area (TPSA) is 83.9 Å². The minimum atomic E-state index is -0.968. The summed E-state index contributed by atoms with van der Waals surface area (Å²) in [5.41, 5.74) is 2.28. The standard InChI is InChI=1S/C23H20F2N6O/c24-15-9-19-20(10-16(15)25)30-22(13-27-19)28-11-14-5-3-4-8-31(14)23(32)21-12-26-17-6-1-2-7-18(17)29-21/h1-2,6-7,9-10,12-14H,3-5,8,11H2,(H,28,30)/t14-/m0/s1. The number of fused-ring (bicyclic) bond motifs is 2. The summed E-state index contributed by atoms with van der Waals surface area (Å²) >= 11 is 0. The number of nitrogens with zero attached hydrogens (tertiary/aromatic N) is 5. The van der Waals surface area contributed by atoms with E-state index in [2.05, 4.69) is 25.3 Å². The predicted molar refractivity (Wildman–Crippen MR) is 116 cm³/mol. The van der Waals surface area contributed by atoms with E-state index in [4.69, 9.17) is 0 Å². The highest BCUT2D eigenvalue weighted by Crippen LogP contribution is 2.21. The fourth-order valence-corrected chi connectivity index (χ4v) is 4.00. The van der Waals surface area contributed by atoms with Crippen molar-refractivity contribution in [1.29, 1.82) is 0 Å². The van der Waals surface area contributed by atoms with Gasteiger partial charge in [0.1, 0.15) is 11.5 Å². The minimum absolute atomic E-state index is 0.0630. The highest BCUT2D eigenvalue weighted by atomic mass is 19.2. The molecule has 2 aromatic heterocycles. The molecule has 0 saturated carbocycles. The third-order valence-corrected chi connectivity index (χ3v) is 5.66. The van der Waals surface area contributed by atoms with E-state index in [9.17, 15) is 13.6 Å². The Kier molecular flexibility index (Phi) is 5.30. The van der Waals surface area contributed by atoms with Crippen LogP contribution in [0.15, 0.2) is 48.8 Å². The number of carbonyl (C=O) groups is 1. The van der Waals surface area contributed by atoms with Crippen molar-refractivity contribution in [3.63, 3.8) is 0 Å². The molecule has 2 aromatic carbocycles. The monoisotopic (exact) mass is 434 g/mol. The van der Waals surface area contributed by atoms with Crippen molar-refractivity contribution >= 4 is 33.8 Å². The first-order valence-corrected chi connectivity index (χ1v) is 10.5. The van der Waals surface area contributed by atoms with Crippen LogP contribution in [0, 0.1) is 11.6 Å². The molecular formula is C23H20F2N6O. The van der Waals surface area contributed by atoms with Gasteiger partial charge in [-0.1, -0.05) is 12.1 Å². The average molecular weight is 434 g/mol. The summed E-state index contributed by atoms with van der Waals surface area (Å²) in [4.78, 5) is 32.3. The van der Waals surface area contributed by atoms with Crippen LogP contribution in [0.4, 0.5) is 14.6 Å². The molecule has 4 aromatic rings. The normalized spacial score (nSPS) is 16.4. The second kappa shape index (κ2) is 8.41. The second-order valence-corrected chi connectivity index (χ2v) is 7.78. The quantitative estimate of drug-likeness (QED) is 0.524. The number of piperidine rings is 1. The molecule has 1 N–H and O–H groups in total. The Labute approximate surface area is 182 Å². The van der Waals surface area contributed by atoms with E-state index in [-0.39, 0.29) is 23.0 Å². The summed E-state index contributed by atoms with van der Waals surface area (Å²) in [7, 11) is 0. The number of para-hydroxylation sites is 2. The predicted octanol–water partition coefficient (Wildman–Crippen LogP) is 3.96. The van der Waals surface area contributed by atoms with Crippen LogP contribution in [-0.4, -0.2) is 49.9 Å². The Hall–Kier alpha value is -3.75. The van der Waals surface area contributed by atoms with Crippen molar-refractivity contribution in [3.8, 4) is 0 Å². The first-order chi connectivity index (χ1) is 15.6. The van der Waals surface area contributed by atoms with E-state index >= 15 is 0 Å². The molecule has 0 aliphatic carbocycles. The third-order valence-electron chi connectivity index (χ3n) is 5.66. The maximum atomic E-state index is 13.5. The van der Waals surface area contributed by atoms with Gasteiger partial charge < -0.3 is 10.2 Å². The smallest absolute Gasteiger partial charge is 0.274 e. The lowest BCUT2D eigenvalue weighted by Crippen LogP contribution is -2.47. The van der Waals surface area contributed by atoms with Crippen LogP contribution in [0.2, 0.25) is 0 Å². The van der Waals surface area contributed by atoms with Crippen LogP contribution < -0.4 is 5.32 Å². The first-order valence-electron chi connectivity index (χ1n) is 10.5. The van der Waals surface area contributed by atoms with E-state index < -0.39 is 11.6 Å². The molecule has 1 aliphatic rings. The number of halogens is 2. The number of likely N-dealkylation sites (tertiary alicyclic amines) is 1. The van der Waals surface area contributed by atoms with Gasteiger partial charge in [0, 0.05) is 31.3 Å². The fourth-order valence-electron chi connectivity index (χ4n) is 4.00. The SMILES string of the molecule is O=C(c1cnc2ccccc2n1)N1CCCC[C@H]1CNc1cnc2cc(F)c(F)cc2n1. The molecule has 7 nitrogen and oxygen atoms in total. The Morgan fingerprint density at radius 1 is 0.969 bits per heavy atom. The summed E-state index contributed by atoms with van der Waals surface area (Å²) in [5.74, 6) is -1.64. The molecule has 5 rings (SSSR count). The van der Waals surface area contributed by atoms with Crippen LogP contribution >= 0.6 is 0 Å². The maximum Gasteiger partial charge on any atom is 0.274 e. The molecule has 32 heavy (non-hydrogen) atoms. The van der Waals surface area contributed by atoms with E-state index in [1.54, 1.807) is 0 Å². The molecular weight excluding hydrogens is 414 g/mol. The van der Waals surface area contributed by atoms with Gasteiger partial charge in [0.25, 0.3) is 5.91 Å². The number of nitrogens with one attached hydrogen (secondary N) is 1. The van der Waals surface area contributed by atoms with Gasteiger partial charge in [0.15, 0.2) is 11.6 Å². The van der Waals surface area contributed by atoms with Gasteiger partial charge in [-0.2, -0.15) is 0 Å². The number of hydrogen-bond donors (Lipinski definition) is 1. The van der Waals surface area contributed by atoms with Crippen molar-refractivity contribution in [2.24, 2.45) is 0 Å². The number of rotatable bonds is 4. The van der Waals surface area contributed by atoms with Crippen molar-refractivity contribution in [3.05, 3.63) is 66.1 Å². The average Bonchev–Trinajstić information content (AvgIpc) is 2.83. The molecule has 1 saturated heterocycles. The Morgan fingerprint density at radius 3 is 2.56 bits per heavy atom.